The minimum Gasteiger partial charge on any atom is -0.367 e. The van der Waals surface area contributed by atoms with Gasteiger partial charge in [0.1, 0.15) is 12.1 Å². The van der Waals surface area contributed by atoms with E-state index in [0.717, 1.165) is 15.4 Å². The Kier molecular flexibility index (Phi) is 3.53. The van der Waals surface area contributed by atoms with Gasteiger partial charge in [0.25, 0.3) is 0 Å². The van der Waals surface area contributed by atoms with Crippen LogP contribution in [0.3, 0.4) is 0 Å². The van der Waals surface area contributed by atoms with E-state index in [-0.39, 0.29) is 5.82 Å². The van der Waals surface area contributed by atoms with Crippen LogP contribution in [0.1, 0.15) is 4.11 Å². The lowest BCUT2D eigenvalue weighted by atomic mass is 10.1. The van der Waals surface area contributed by atoms with Gasteiger partial charge < -0.3 is 9.80 Å². The number of benzene rings is 2. The van der Waals surface area contributed by atoms with Crippen LogP contribution in [-0.2, 0) is 0 Å². The third-order valence-corrected chi connectivity index (χ3v) is 4.93. The average Bonchev–Trinajstić information content (AvgIpc) is 2.67. The van der Waals surface area contributed by atoms with Gasteiger partial charge in [0.05, 0.1) is 16.9 Å². The number of anilines is 1. The molecule has 0 radical (unpaired) electrons. The Bertz CT molecular complexity index is 1020. The molecule has 0 amide bonds. The van der Waals surface area contributed by atoms with Crippen molar-refractivity contribution in [2.75, 3.05) is 38.1 Å². The fourth-order valence-corrected chi connectivity index (χ4v) is 3.48. The van der Waals surface area contributed by atoms with Crippen molar-refractivity contribution >= 4 is 32.5 Å². The van der Waals surface area contributed by atoms with Crippen LogP contribution < -0.4 is 4.90 Å². The predicted molar refractivity (Wildman–Crippen MR) is 102 cm³/mol. The molecule has 128 valence electrons. The highest BCUT2D eigenvalue weighted by molar-refractivity contribution is 9.10. The number of rotatable bonds is 2. The second-order valence-corrected chi connectivity index (χ2v) is 6.94. The van der Waals surface area contributed by atoms with E-state index in [9.17, 15) is 4.39 Å². The number of likely N-dealkylation sites (N-methyl/N-ethyl adjacent to an activating group) is 1. The normalized spacial score (nSPS) is 18.0. The molecule has 1 saturated heterocycles. The van der Waals surface area contributed by atoms with Crippen molar-refractivity contribution < 1.29 is 8.50 Å². The standard InChI is InChI=1S/C19H18BrFN4/c1-24-6-8-25(9-7-24)18-5-2-13(10-16(18)21)19-15-11-14(20)3-4-17(15)22-12-23-19/h2-5,10-12H,6-9H2,1H3/i1D3. The summed E-state index contributed by atoms with van der Waals surface area (Å²) in [6.45, 7) is -0.405. The van der Waals surface area contributed by atoms with Crippen molar-refractivity contribution in [1.82, 2.24) is 14.9 Å². The summed E-state index contributed by atoms with van der Waals surface area (Å²) in [6, 6.07) is 10.8. The SMILES string of the molecule is [2H]C([2H])([2H])N1CCN(c2ccc(-c3ncnc4ccc(Br)cc34)cc2F)CC1. The van der Waals surface area contributed by atoms with Gasteiger partial charge in [-0.2, -0.15) is 0 Å². The second-order valence-electron chi connectivity index (χ2n) is 6.02. The van der Waals surface area contributed by atoms with Gasteiger partial charge in [-0.15, -0.1) is 0 Å². The van der Waals surface area contributed by atoms with Crippen molar-refractivity contribution in [3.63, 3.8) is 0 Å². The summed E-state index contributed by atoms with van der Waals surface area (Å²) in [5, 5.41) is 0.843. The predicted octanol–water partition coefficient (Wildman–Crippen LogP) is 3.95. The Morgan fingerprint density at radius 1 is 1.08 bits per heavy atom. The highest BCUT2D eigenvalue weighted by Gasteiger charge is 2.18. The molecule has 3 aromatic rings. The molecule has 1 aliphatic rings. The largest absolute Gasteiger partial charge is 0.367 e. The van der Waals surface area contributed by atoms with Gasteiger partial charge in [0.15, 0.2) is 0 Å². The summed E-state index contributed by atoms with van der Waals surface area (Å²) < 4.78 is 38.3. The fourth-order valence-electron chi connectivity index (χ4n) is 3.12. The quantitative estimate of drug-likeness (QED) is 0.648. The van der Waals surface area contributed by atoms with Crippen molar-refractivity contribution in [3.8, 4) is 11.3 Å². The zero-order valence-corrected chi connectivity index (χ0v) is 15.0. The lowest BCUT2D eigenvalue weighted by Gasteiger charge is -2.34. The molecule has 0 spiro atoms. The lowest BCUT2D eigenvalue weighted by molar-refractivity contribution is 0.311. The van der Waals surface area contributed by atoms with E-state index in [1.54, 1.807) is 6.07 Å². The van der Waals surface area contributed by atoms with Gasteiger partial charge in [-0.1, -0.05) is 22.0 Å². The van der Waals surface area contributed by atoms with Gasteiger partial charge in [0, 0.05) is 45.7 Å². The molecule has 6 heteroatoms. The number of nitrogens with zero attached hydrogens (tertiary/aromatic N) is 4. The Labute approximate surface area is 158 Å². The van der Waals surface area contributed by atoms with Crippen LogP contribution in [0.25, 0.3) is 22.2 Å². The molecule has 4 rings (SSSR count). The summed E-state index contributed by atoms with van der Waals surface area (Å²) >= 11 is 3.46. The van der Waals surface area contributed by atoms with Gasteiger partial charge in [-0.3, -0.25) is 0 Å². The summed E-state index contributed by atoms with van der Waals surface area (Å²) in [6.07, 6.45) is 1.48. The van der Waals surface area contributed by atoms with Gasteiger partial charge in [-0.25, -0.2) is 14.4 Å². The Morgan fingerprint density at radius 3 is 2.68 bits per heavy atom. The van der Waals surface area contributed by atoms with E-state index < -0.39 is 6.98 Å². The average molecular weight is 404 g/mol. The maximum Gasteiger partial charge on any atom is 0.147 e. The maximum absolute atomic E-state index is 14.9. The van der Waals surface area contributed by atoms with Crippen LogP contribution in [0.15, 0.2) is 47.2 Å². The maximum atomic E-state index is 14.9. The van der Waals surface area contributed by atoms with Gasteiger partial charge in [0.2, 0.25) is 0 Å². The van der Waals surface area contributed by atoms with E-state index in [2.05, 4.69) is 25.9 Å². The highest BCUT2D eigenvalue weighted by atomic mass is 79.9. The molecule has 1 aromatic heterocycles. The van der Waals surface area contributed by atoms with Crippen molar-refractivity contribution in [2.24, 2.45) is 0 Å². The van der Waals surface area contributed by atoms with Crippen molar-refractivity contribution in [1.29, 1.82) is 0 Å². The Hall–Kier alpha value is -2.05. The van der Waals surface area contributed by atoms with E-state index in [0.29, 0.717) is 43.1 Å². The highest BCUT2D eigenvalue weighted by Crippen LogP contribution is 2.31. The number of halogens is 2. The second kappa shape index (κ2) is 6.69. The molecular formula is C19H18BrFN4. The fraction of sp³-hybridized carbons (Fsp3) is 0.263. The van der Waals surface area contributed by atoms with E-state index in [4.69, 9.17) is 4.11 Å². The number of piperazine rings is 1. The molecule has 2 aromatic carbocycles. The minimum atomic E-state index is -2.10. The summed E-state index contributed by atoms with van der Waals surface area (Å²) in [4.78, 5) is 12.0. The molecule has 25 heavy (non-hydrogen) atoms. The third-order valence-electron chi connectivity index (χ3n) is 4.44. The Morgan fingerprint density at radius 2 is 1.92 bits per heavy atom. The molecule has 0 bridgehead atoms. The van der Waals surface area contributed by atoms with Gasteiger partial charge >= 0.3 is 0 Å². The zero-order chi connectivity index (χ0) is 19.9. The summed E-state index contributed by atoms with van der Waals surface area (Å²) in [7, 11) is 0. The topological polar surface area (TPSA) is 32.3 Å². The van der Waals surface area contributed by atoms with Crippen molar-refractivity contribution in [3.05, 3.63) is 53.0 Å². The molecule has 0 N–H and O–H groups in total. The zero-order valence-electron chi connectivity index (χ0n) is 16.4. The first-order valence-corrected chi connectivity index (χ1v) is 8.82. The molecule has 0 aliphatic carbocycles. The molecule has 0 saturated carbocycles. The van der Waals surface area contributed by atoms with E-state index in [1.165, 1.54) is 17.3 Å². The molecule has 0 atom stereocenters. The molecule has 1 fully saturated rings. The first-order valence-electron chi connectivity index (χ1n) is 9.53. The van der Waals surface area contributed by atoms with E-state index in [1.807, 2.05) is 29.2 Å². The summed E-state index contributed by atoms with van der Waals surface area (Å²) in [5.41, 5.74) is 2.61. The van der Waals surface area contributed by atoms with Crippen LogP contribution >= 0.6 is 15.9 Å². The lowest BCUT2D eigenvalue weighted by Crippen LogP contribution is -2.44. The van der Waals surface area contributed by atoms with Crippen LogP contribution in [0.2, 0.25) is 0 Å². The monoisotopic (exact) mass is 403 g/mol. The first-order chi connectivity index (χ1) is 13.3. The van der Waals surface area contributed by atoms with Crippen LogP contribution in [0, 0.1) is 5.82 Å². The van der Waals surface area contributed by atoms with Crippen LogP contribution in [-0.4, -0.2) is 48.0 Å². The molecule has 2 heterocycles. The van der Waals surface area contributed by atoms with Crippen molar-refractivity contribution in [2.45, 2.75) is 0 Å². The smallest absolute Gasteiger partial charge is 0.147 e. The third kappa shape index (κ3) is 3.24. The molecule has 4 nitrogen and oxygen atoms in total. The first kappa shape index (κ1) is 13.2. The van der Waals surface area contributed by atoms with Crippen LogP contribution in [0.4, 0.5) is 10.1 Å². The molecule has 0 unspecified atom stereocenters. The number of aromatic nitrogens is 2. The van der Waals surface area contributed by atoms with Gasteiger partial charge in [-0.05, 0) is 37.3 Å². The van der Waals surface area contributed by atoms with E-state index >= 15 is 0 Å². The summed E-state index contributed by atoms with van der Waals surface area (Å²) in [5.74, 6) is -0.346. The molecule has 1 aliphatic heterocycles. The number of hydrogen-bond acceptors (Lipinski definition) is 4. The minimum absolute atomic E-state index is 0.346. The number of fused-ring (bicyclic) bond motifs is 1. The molecular weight excluding hydrogens is 383 g/mol. The Balaban J connectivity index is 1.62. The van der Waals surface area contributed by atoms with Crippen LogP contribution in [0.5, 0.6) is 0 Å². The number of hydrogen-bond donors (Lipinski definition) is 0.